The lowest BCUT2D eigenvalue weighted by molar-refractivity contribution is 0.696. The average Bonchev–Trinajstić information content (AvgIpc) is 2.89. The molecule has 3 rings (SSSR count). The van der Waals surface area contributed by atoms with Gasteiger partial charge in [0.25, 0.3) is 0 Å². The lowest BCUT2D eigenvalue weighted by Gasteiger charge is -2.07. The van der Waals surface area contributed by atoms with E-state index in [-0.39, 0.29) is 0 Å². The highest BCUT2D eigenvalue weighted by molar-refractivity contribution is 5.78. The van der Waals surface area contributed by atoms with Crippen molar-refractivity contribution in [3.8, 4) is 0 Å². The van der Waals surface area contributed by atoms with Gasteiger partial charge in [-0.2, -0.15) is 5.10 Å². The van der Waals surface area contributed by atoms with Crippen LogP contribution < -0.4 is 5.32 Å². The maximum Gasteiger partial charge on any atom is 0.0839 e. The number of para-hydroxylation sites is 1. The van der Waals surface area contributed by atoms with E-state index in [9.17, 15) is 0 Å². The van der Waals surface area contributed by atoms with E-state index in [1.807, 2.05) is 35.3 Å². The van der Waals surface area contributed by atoms with E-state index in [2.05, 4.69) is 40.5 Å². The molecule has 2 heterocycles. The van der Waals surface area contributed by atoms with E-state index in [1.54, 1.807) is 0 Å². The van der Waals surface area contributed by atoms with Crippen molar-refractivity contribution >= 4 is 16.6 Å². The van der Waals surface area contributed by atoms with Gasteiger partial charge < -0.3 is 5.32 Å². The number of pyridine rings is 1. The van der Waals surface area contributed by atoms with Crippen molar-refractivity contribution in [2.24, 2.45) is 0 Å². The van der Waals surface area contributed by atoms with E-state index in [1.165, 1.54) is 0 Å². The predicted molar refractivity (Wildman–Crippen MR) is 81.9 cm³/mol. The van der Waals surface area contributed by atoms with E-state index < -0.39 is 0 Å². The standard InChI is InChI=1S/C16H18N4/c1-2-8-17-14-7-9-18-15(10-14)12-20-16-6-4-3-5-13(16)11-19-20/h3-7,9-11H,2,8,12H2,1H3,(H,17,18). The minimum absolute atomic E-state index is 0.690. The molecule has 1 aromatic carbocycles. The minimum atomic E-state index is 0.690. The van der Waals surface area contributed by atoms with Gasteiger partial charge in [-0.1, -0.05) is 25.1 Å². The third kappa shape index (κ3) is 2.64. The van der Waals surface area contributed by atoms with Crippen LogP contribution in [0.15, 0.2) is 48.8 Å². The molecule has 0 bridgehead atoms. The number of nitrogens with one attached hydrogen (secondary N) is 1. The average molecular weight is 266 g/mol. The summed E-state index contributed by atoms with van der Waals surface area (Å²) in [5.74, 6) is 0. The molecule has 2 aromatic heterocycles. The third-order valence-electron chi connectivity index (χ3n) is 3.26. The first-order chi connectivity index (χ1) is 9.86. The fraction of sp³-hybridized carbons (Fsp3) is 0.250. The largest absolute Gasteiger partial charge is 0.385 e. The molecule has 0 spiro atoms. The van der Waals surface area contributed by atoms with Crippen molar-refractivity contribution in [1.82, 2.24) is 14.8 Å². The zero-order valence-corrected chi connectivity index (χ0v) is 11.6. The van der Waals surface area contributed by atoms with Gasteiger partial charge in [-0.15, -0.1) is 0 Å². The maximum absolute atomic E-state index is 4.44. The molecule has 0 amide bonds. The number of rotatable bonds is 5. The van der Waals surface area contributed by atoms with Crippen LogP contribution in [0.1, 0.15) is 19.0 Å². The molecular weight excluding hydrogens is 248 g/mol. The SMILES string of the molecule is CCCNc1ccnc(Cn2ncc3ccccc32)c1. The van der Waals surface area contributed by atoms with Crippen LogP contribution in [-0.4, -0.2) is 21.3 Å². The highest BCUT2D eigenvalue weighted by Crippen LogP contribution is 2.15. The number of fused-ring (bicyclic) bond motifs is 1. The summed E-state index contributed by atoms with van der Waals surface area (Å²) < 4.78 is 1.99. The number of aromatic nitrogens is 3. The number of nitrogens with zero attached hydrogens (tertiary/aromatic N) is 3. The smallest absolute Gasteiger partial charge is 0.0839 e. The summed E-state index contributed by atoms with van der Waals surface area (Å²) in [6, 6.07) is 12.3. The molecule has 0 aliphatic rings. The first-order valence-corrected chi connectivity index (χ1v) is 6.96. The quantitative estimate of drug-likeness (QED) is 0.770. The van der Waals surface area contributed by atoms with Gasteiger partial charge in [-0.25, -0.2) is 0 Å². The molecule has 0 atom stereocenters. The molecule has 0 aliphatic heterocycles. The van der Waals surface area contributed by atoms with Crippen molar-refractivity contribution in [2.45, 2.75) is 19.9 Å². The van der Waals surface area contributed by atoms with Crippen LogP contribution >= 0.6 is 0 Å². The Balaban J connectivity index is 1.83. The molecule has 0 fully saturated rings. The fourth-order valence-corrected chi connectivity index (χ4v) is 2.25. The second-order valence-electron chi connectivity index (χ2n) is 4.82. The Morgan fingerprint density at radius 2 is 2.10 bits per heavy atom. The summed E-state index contributed by atoms with van der Waals surface area (Å²) in [5, 5.41) is 8.98. The second-order valence-corrected chi connectivity index (χ2v) is 4.82. The van der Waals surface area contributed by atoms with Gasteiger partial charge in [0.2, 0.25) is 0 Å². The zero-order chi connectivity index (χ0) is 13.8. The molecule has 102 valence electrons. The fourth-order valence-electron chi connectivity index (χ4n) is 2.25. The highest BCUT2D eigenvalue weighted by atomic mass is 15.3. The minimum Gasteiger partial charge on any atom is -0.385 e. The zero-order valence-electron chi connectivity index (χ0n) is 11.6. The number of anilines is 1. The molecule has 0 saturated heterocycles. The molecule has 0 aliphatic carbocycles. The van der Waals surface area contributed by atoms with Crippen LogP contribution in [0.25, 0.3) is 10.9 Å². The molecule has 4 nitrogen and oxygen atoms in total. The summed E-state index contributed by atoms with van der Waals surface area (Å²) in [4.78, 5) is 4.43. The third-order valence-corrected chi connectivity index (χ3v) is 3.26. The Bertz CT molecular complexity index is 702. The Hall–Kier alpha value is -2.36. The van der Waals surface area contributed by atoms with Gasteiger partial charge >= 0.3 is 0 Å². The maximum atomic E-state index is 4.44. The molecular formula is C16H18N4. The monoisotopic (exact) mass is 266 g/mol. The first kappa shape index (κ1) is 12.7. The summed E-state index contributed by atoms with van der Waals surface area (Å²) in [6.45, 7) is 3.83. The molecule has 1 N–H and O–H groups in total. The number of hydrogen-bond donors (Lipinski definition) is 1. The lowest BCUT2D eigenvalue weighted by atomic mass is 10.2. The predicted octanol–water partition coefficient (Wildman–Crippen LogP) is 3.30. The van der Waals surface area contributed by atoms with Crippen LogP contribution in [0.2, 0.25) is 0 Å². The van der Waals surface area contributed by atoms with Crippen LogP contribution in [0.4, 0.5) is 5.69 Å². The molecule has 4 heteroatoms. The van der Waals surface area contributed by atoms with Crippen molar-refractivity contribution < 1.29 is 0 Å². The summed E-state index contributed by atoms with van der Waals surface area (Å²) in [5.41, 5.74) is 3.27. The Morgan fingerprint density at radius 1 is 1.20 bits per heavy atom. The van der Waals surface area contributed by atoms with E-state index in [4.69, 9.17) is 0 Å². The molecule has 20 heavy (non-hydrogen) atoms. The number of benzene rings is 1. The van der Waals surface area contributed by atoms with E-state index in [0.717, 1.165) is 35.2 Å². The summed E-state index contributed by atoms with van der Waals surface area (Å²) >= 11 is 0. The second kappa shape index (κ2) is 5.74. The summed E-state index contributed by atoms with van der Waals surface area (Å²) in [6.07, 6.45) is 4.86. The Kier molecular flexibility index (Phi) is 3.63. The van der Waals surface area contributed by atoms with Gasteiger partial charge in [0.1, 0.15) is 0 Å². The topological polar surface area (TPSA) is 42.7 Å². The van der Waals surface area contributed by atoms with E-state index in [0.29, 0.717) is 6.54 Å². The van der Waals surface area contributed by atoms with Crippen molar-refractivity contribution in [3.05, 3.63) is 54.5 Å². The van der Waals surface area contributed by atoms with Gasteiger partial charge in [0.05, 0.1) is 24.0 Å². The van der Waals surface area contributed by atoms with Crippen molar-refractivity contribution in [2.75, 3.05) is 11.9 Å². The normalized spacial score (nSPS) is 10.8. The van der Waals surface area contributed by atoms with Crippen molar-refractivity contribution in [3.63, 3.8) is 0 Å². The van der Waals surface area contributed by atoms with Crippen LogP contribution in [0, 0.1) is 0 Å². The van der Waals surface area contributed by atoms with Crippen LogP contribution in [0.3, 0.4) is 0 Å². The Morgan fingerprint density at radius 3 is 3.00 bits per heavy atom. The van der Waals surface area contributed by atoms with Gasteiger partial charge in [0.15, 0.2) is 0 Å². The first-order valence-electron chi connectivity index (χ1n) is 6.96. The van der Waals surface area contributed by atoms with Gasteiger partial charge in [-0.05, 0) is 24.6 Å². The van der Waals surface area contributed by atoms with Crippen molar-refractivity contribution in [1.29, 1.82) is 0 Å². The highest BCUT2D eigenvalue weighted by Gasteiger charge is 2.04. The molecule has 0 unspecified atom stereocenters. The molecule has 3 aromatic rings. The Labute approximate surface area is 118 Å². The van der Waals surface area contributed by atoms with Crippen LogP contribution in [-0.2, 0) is 6.54 Å². The van der Waals surface area contributed by atoms with Gasteiger partial charge in [0, 0.05) is 23.8 Å². The number of hydrogen-bond acceptors (Lipinski definition) is 3. The van der Waals surface area contributed by atoms with Crippen LogP contribution in [0.5, 0.6) is 0 Å². The van der Waals surface area contributed by atoms with E-state index >= 15 is 0 Å². The molecule has 0 radical (unpaired) electrons. The molecule has 0 saturated carbocycles. The summed E-state index contributed by atoms with van der Waals surface area (Å²) in [7, 11) is 0. The van der Waals surface area contributed by atoms with Gasteiger partial charge in [-0.3, -0.25) is 9.67 Å². The lowest BCUT2D eigenvalue weighted by Crippen LogP contribution is -2.05.